The third-order valence-electron chi connectivity index (χ3n) is 5.29. The first-order valence-corrected chi connectivity index (χ1v) is 9.22. The fourth-order valence-electron chi connectivity index (χ4n) is 3.75. The average Bonchev–Trinajstić information content (AvgIpc) is 3.16. The summed E-state index contributed by atoms with van der Waals surface area (Å²) in [5.74, 6) is 0.950. The van der Waals surface area contributed by atoms with Crippen LogP contribution in [0.5, 0.6) is 5.75 Å². The number of rotatable bonds is 4. The van der Waals surface area contributed by atoms with Crippen molar-refractivity contribution >= 4 is 11.6 Å². The molecule has 140 valence electrons. The van der Waals surface area contributed by atoms with Gasteiger partial charge in [0.1, 0.15) is 12.3 Å². The highest BCUT2D eigenvalue weighted by Gasteiger charge is 2.25. The Morgan fingerprint density at radius 3 is 2.59 bits per heavy atom. The van der Waals surface area contributed by atoms with Gasteiger partial charge in [0.2, 0.25) is 0 Å². The van der Waals surface area contributed by atoms with Gasteiger partial charge in [0, 0.05) is 29.7 Å². The van der Waals surface area contributed by atoms with Gasteiger partial charge in [-0.2, -0.15) is 0 Å². The molecule has 2 aliphatic rings. The lowest BCUT2D eigenvalue weighted by atomic mass is 10.1. The zero-order valence-corrected chi connectivity index (χ0v) is 15.0. The smallest absolute Gasteiger partial charge is 0.269 e. The normalized spacial score (nSPS) is 16.7. The van der Waals surface area contributed by atoms with Crippen LogP contribution in [0.4, 0.5) is 5.69 Å². The monoisotopic (exact) mass is 368 g/mol. The molecule has 1 fully saturated rings. The molecule has 1 saturated heterocycles. The van der Waals surface area contributed by atoms with E-state index in [1.165, 1.54) is 40.3 Å². The summed E-state index contributed by atoms with van der Waals surface area (Å²) in [6.07, 6.45) is 0.982. The molecule has 27 heavy (non-hydrogen) atoms. The molecule has 0 atom stereocenters. The van der Waals surface area contributed by atoms with Crippen LogP contribution in [-0.4, -0.2) is 48.5 Å². The molecule has 0 aliphatic carbocycles. The van der Waals surface area contributed by atoms with Crippen LogP contribution in [0.15, 0.2) is 42.5 Å². The molecule has 1 amide bonds. The third kappa shape index (κ3) is 3.78. The van der Waals surface area contributed by atoms with Gasteiger partial charge < -0.3 is 14.5 Å². The van der Waals surface area contributed by atoms with Crippen LogP contribution in [0.3, 0.4) is 0 Å². The van der Waals surface area contributed by atoms with Gasteiger partial charge in [0.15, 0.2) is 0 Å². The highest BCUT2D eigenvalue weighted by atomic mass is 16.6. The van der Waals surface area contributed by atoms with E-state index in [4.69, 9.17) is 4.74 Å². The van der Waals surface area contributed by atoms with Crippen molar-refractivity contribution in [1.29, 1.82) is 0 Å². The predicted octanol–water partition coefficient (Wildman–Crippen LogP) is 1.07. The molecule has 2 heterocycles. The quantitative estimate of drug-likeness (QED) is 0.647. The number of nitro groups is 1. The first kappa shape index (κ1) is 17.5. The van der Waals surface area contributed by atoms with Gasteiger partial charge >= 0.3 is 0 Å². The van der Waals surface area contributed by atoms with Crippen molar-refractivity contribution in [3.8, 4) is 5.75 Å². The Morgan fingerprint density at radius 2 is 1.89 bits per heavy atom. The van der Waals surface area contributed by atoms with Gasteiger partial charge in [-0.25, -0.2) is 0 Å². The molecule has 0 spiro atoms. The molecule has 0 bridgehead atoms. The van der Waals surface area contributed by atoms with Crippen molar-refractivity contribution in [2.45, 2.75) is 13.0 Å². The number of carbonyl (C=O) groups excluding carboxylic acids is 1. The summed E-state index contributed by atoms with van der Waals surface area (Å²) in [6.45, 7) is 4.90. The van der Waals surface area contributed by atoms with E-state index in [-0.39, 0.29) is 11.6 Å². The number of nitrogens with zero attached hydrogens (tertiary/aromatic N) is 2. The number of hydrogen-bond acceptors (Lipinski definition) is 4. The summed E-state index contributed by atoms with van der Waals surface area (Å²) in [7, 11) is 0. The number of quaternary nitrogens is 1. The zero-order valence-electron chi connectivity index (χ0n) is 15.0. The molecule has 4 rings (SSSR count). The van der Waals surface area contributed by atoms with Gasteiger partial charge in [-0.1, -0.05) is 0 Å². The van der Waals surface area contributed by atoms with Crippen LogP contribution in [0, 0.1) is 10.1 Å². The molecule has 2 aliphatic heterocycles. The molecular weight excluding hydrogens is 346 g/mol. The van der Waals surface area contributed by atoms with E-state index < -0.39 is 4.92 Å². The molecule has 0 unspecified atom stereocenters. The first-order chi connectivity index (χ1) is 13.1. The van der Waals surface area contributed by atoms with Crippen LogP contribution in [0.25, 0.3) is 0 Å². The summed E-state index contributed by atoms with van der Waals surface area (Å²) >= 11 is 0. The molecule has 2 aromatic rings. The zero-order chi connectivity index (χ0) is 18.8. The lowest BCUT2D eigenvalue weighted by molar-refractivity contribution is -0.917. The molecule has 0 saturated carbocycles. The van der Waals surface area contributed by atoms with E-state index in [1.54, 1.807) is 0 Å². The van der Waals surface area contributed by atoms with E-state index in [9.17, 15) is 14.9 Å². The van der Waals surface area contributed by atoms with Gasteiger partial charge in [-0.15, -0.1) is 0 Å². The van der Waals surface area contributed by atoms with Gasteiger partial charge in [0.05, 0.1) is 37.7 Å². The number of nitro benzene ring substituents is 1. The van der Waals surface area contributed by atoms with Crippen LogP contribution < -0.4 is 9.64 Å². The number of nitrogens with one attached hydrogen (secondary N) is 1. The third-order valence-corrected chi connectivity index (χ3v) is 5.29. The fraction of sp³-hybridized carbons (Fsp3) is 0.350. The summed E-state index contributed by atoms with van der Waals surface area (Å²) in [5, 5.41) is 10.7. The second kappa shape index (κ2) is 7.36. The average molecular weight is 368 g/mol. The van der Waals surface area contributed by atoms with Gasteiger partial charge in [-0.3, -0.25) is 14.9 Å². The maximum Gasteiger partial charge on any atom is 0.269 e. The second-order valence-corrected chi connectivity index (χ2v) is 7.06. The second-order valence-electron chi connectivity index (χ2n) is 7.06. The molecular formula is C20H22N3O4+. The number of benzene rings is 2. The number of hydrogen-bond donors (Lipinski definition) is 1. The molecule has 0 aromatic heterocycles. The maximum atomic E-state index is 12.6. The van der Waals surface area contributed by atoms with Crippen molar-refractivity contribution in [3.63, 3.8) is 0 Å². The largest absolute Gasteiger partial charge is 0.493 e. The number of amides is 1. The molecule has 2 aromatic carbocycles. The Bertz CT molecular complexity index is 858. The highest BCUT2D eigenvalue weighted by molar-refractivity contribution is 5.94. The fourth-order valence-corrected chi connectivity index (χ4v) is 3.75. The van der Waals surface area contributed by atoms with E-state index in [0.717, 1.165) is 38.4 Å². The Hall–Kier alpha value is -2.93. The number of carbonyl (C=O) groups is 1. The number of ether oxygens (including phenoxy) is 1. The lowest BCUT2D eigenvalue weighted by Crippen LogP contribution is -3.13. The minimum Gasteiger partial charge on any atom is -0.493 e. The maximum absolute atomic E-state index is 12.6. The van der Waals surface area contributed by atoms with Crippen LogP contribution in [-0.2, 0) is 13.0 Å². The van der Waals surface area contributed by atoms with E-state index in [0.29, 0.717) is 18.7 Å². The summed E-state index contributed by atoms with van der Waals surface area (Å²) in [6, 6.07) is 12.3. The van der Waals surface area contributed by atoms with Crippen molar-refractivity contribution in [2.24, 2.45) is 0 Å². The molecule has 0 radical (unpaired) electrons. The minimum absolute atomic E-state index is 0.000519. The molecule has 1 N–H and O–H groups in total. The van der Waals surface area contributed by atoms with Crippen molar-refractivity contribution in [2.75, 3.05) is 32.8 Å². The summed E-state index contributed by atoms with van der Waals surface area (Å²) in [5.41, 5.74) is 3.10. The molecule has 7 nitrogen and oxygen atoms in total. The van der Waals surface area contributed by atoms with Crippen molar-refractivity contribution in [1.82, 2.24) is 4.90 Å². The number of piperazine rings is 1. The van der Waals surface area contributed by atoms with Crippen molar-refractivity contribution in [3.05, 3.63) is 69.3 Å². The minimum atomic E-state index is -0.457. The SMILES string of the molecule is O=C(c1ccc([N+](=O)[O-])cc1)N1CC[NH+](Cc2ccc3c(c2)CCO3)CC1. The van der Waals surface area contributed by atoms with E-state index >= 15 is 0 Å². The van der Waals surface area contributed by atoms with Gasteiger partial charge in [0.25, 0.3) is 11.6 Å². The molecule has 7 heteroatoms. The van der Waals surface area contributed by atoms with E-state index in [2.05, 4.69) is 18.2 Å². The lowest BCUT2D eigenvalue weighted by Gasteiger charge is -2.32. The Labute approximate surface area is 157 Å². The number of fused-ring (bicyclic) bond motifs is 1. The highest BCUT2D eigenvalue weighted by Crippen LogP contribution is 2.25. The Kier molecular flexibility index (Phi) is 4.77. The topological polar surface area (TPSA) is 77.1 Å². The number of non-ortho nitro benzene ring substituents is 1. The van der Waals surface area contributed by atoms with Crippen molar-refractivity contribution < 1.29 is 19.4 Å². The van der Waals surface area contributed by atoms with Crippen LogP contribution in [0.1, 0.15) is 21.5 Å². The summed E-state index contributed by atoms with van der Waals surface area (Å²) in [4.78, 5) is 26.2. The van der Waals surface area contributed by atoms with Crippen LogP contribution in [0.2, 0.25) is 0 Å². The Morgan fingerprint density at radius 1 is 1.15 bits per heavy atom. The first-order valence-electron chi connectivity index (χ1n) is 9.22. The standard InChI is InChI=1S/C20H21N3O4/c24-20(16-2-4-18(5-3-16)23(25)26)22-10-8-21(9-11-22)14-15-1-6-19-17(13-15)7-12-27-19/h1-6,13H,7-12,14H2/p+1. The van der Waals surface area contributed by atoms with E-state index in [1.807, 2.05) is 4.90 Å². The summed E-state index contributed by atoms with van der Waals surface area (Å²) < 4.78 is 5.56. The van der Waals surface area contributed by atoms with Crippen LogP contribution >= 0.6 is 0 Å². The predicted molar refractivity (Wildman–Crippen MR) is 99.0 cm³/mol. The Balaban J connectivity index is 1.33. The van der Waals surface area contributed by atoms with Gasteiger partial charge in [-0.05, 0) is 35.9 Å².